The second kappa shape index (κ2) is 5.13. The van der Waals surface area contributed by atoms with Crippen molar-refractivity contribution in [2.24, 2.45) is 17.6 Å². The fraction of sp³-hybridized carbons (Fsp3) is 0.692. The highest BCUT2D eigenvalue weighted by molar-refractivity contribution is 7.07. The molecule has 2 rings (SSSR count). The van der Waals surface area contributed by atoms with Crippen LogP contribution in [0.1, 0.15) is 44.1 Å². The van der Waals surface area contributed by atoms with Gasteiger partial charge in [0.15, 0.2) is 0 Å². The van der Waals surface area contributed by atoms with Crippen molar-refractivity contribution >= 4 is 11.3 Å². The van der Waals surface area contributed by atoms with Gasteiger partial charge in [-0.3, -0.25) is 0 Å². The minimum absolute atomic E-state index is 0.724. The Hall–Kier alpha value is -0.340. The quantitative estimate of drug-likeness (QED) is 0.832. The molecule has 3 unspecified atom stereocenters. The van der Waals surface area contributed by atoms with Gasteiger partial charge in [0, 0.05) is 0 Å². The lowest BCUT2D eigenvalue weighted by Gasteiger charge is -2.35. The summed E-state index contributed by atoms with van der Waals surface area (Å²) >= 11 is 1.81. The molecule has 1 nitrogen and oxygen atoms in total. The first-order valence-corrected chi connectivity index (χ1v) is 7.01. The maximum absolute atomic E-state index is 5.89. The van der Waals surface area contributed by atoms with Crippen LogP contribution in [-0.2, 0) is 0 Å². The third kappa shape index (κ3) is 2.43. The van der Waals surface area contributed by atoms with Crippen molar-refractivity contribution in [3.8, 4) is 0 Å². The lowest BCUT2D eigenvalue weighted by molar-refractivity contribution is 0.236. The predicted octanol–water partition coefficient (Wildman–Crippen LogP) is 3.62. The van der Waals surface area contributed by atoms with Gasteiger partial charge in [0.2, 0.25) is 0 Å². The highest BCUT2D eigenvalue weighted by Gasteiger charge is 2.29. The number of hydrogen-bond acceptors (Lipinski definition) is 2. The maximum atomic E-state index is 5.89. The van der Waals surface area contributed by atoms with Crippen LogP contribution >= 0.6 is 11.3 Å². The standard InChI is InChI=1S/C13H21NS/c1-2-10-3-4-11(8-14)13(7-10)12-5-6-15-9-12/h5-6,9-11,13H,2-4,7-8,14H2,1H3. The Morgan fingerprint density at radius 2 is 2.33 bits per heavy atom. The van der Waals surface area contributed by atoms with Gasteiger partial charge >= 0.3 is 0 Å². The summed E-state index contributed by atoms with van der Waals surface area (Å²) in [6, 6.07) is 2.29. The van der Waals surface area contributed by atoms with Gasteiger partial charge < -0.3 is 5.73 Å². The molecule has 1 aliphatic rings. The largest absolute Gasteiger partial charge is 0.330 e. The first-order chi connectivity index (χ1) is 7.35. The average Bonchev–Trinajstić information content (AvgIpc) is 2.81. The zero-order chi connectivity index (χ0) is 10.7. The van der Waals surface area contributed by atoms with Crippen molar-refractivity contribution in [2.75, 3.05) is 6.54 Å². The van der Waals surface area contributed by atoms with Crippen LogP contribution < -0.4 is 5.73 Å². The first-order valence-electron chi connectivity index (χ1n) is 6.07. The van der Waals surface area contributed by atoms with Gasteiger partial charge in [0.1, 0.15) is 0 Å². The van der Waals surface area contributed by atoms with Gasteiger partial charge in [-0.05, 0) is 59.5 Å². The molecule has 0 aromatic carbocycles. The van der Waals surface area contributed by atoms with Crippen LogP contribution in [0.15, 0.2) is 16.8 Å². The monoisotopic (exact) mass is 223 g/mol. The molecule has 2 heteroatoms. The van der Waals surface area contributed by atoms with Gasteiger partial charge in [-0.25, -0.2) is 0 Å². The van der Waals surface area contributed by atoms with Crippen LogP contribution in [0.25, 0.3) is 0 Å². The van der Waals surface area contributed by atoms with E-state index in [1.165, 1.54) is 31.2 Å². The van der Waals surface area contributed by atoms with E-state index in [0.29, 0.717) is 0 Å². The summed E-state index contributed by atoms with van der Waals surface area (Å²) < 4.78 is 0. The molecule has 1 saturated carbocycles. The molecule has 1 heterocycles. The van der Waals surface area contributed by atoms with Gasteiger partial charge in [0.05, 0.1) is 0 Å². The van der Waals surface area contributed by atoms with Crippen molar-refractivity contribution in [1.82, 2.24) is 0 Å². The average molecular weight is 223 g/mol. The summed E-state index contributed by atoms with van der Waals surface area (Å²) in [6.07, 6.45) is 5.40. The number of rotatable bonds is 3. The normalized spacial score (nSPS) is 31.7. The Morgan fingerprint density at radius 1 is 1.47 bits per heavy atom. The highest BCUT2D eigenvalue weighted by Crippen LogP contribution is 2.41. The van der Waals surface area contributed by atoms with Crippen LogP contribution in [0.4, 0.5) is 0 Å². The SMILES string of the molecule is CCC1CCC(CN)C(c2ccsc2)C1. The Bertz CT molecular complexity index is 281. The Kier molecular flexibility index (Phi) is 3.81. The topological polar surface area (TPSA) is 26.0 Å². The maximum Gasteiger partial charge on any atom is -0.00430 e. The van der Waals surface area contributed by atoms with Gasteiger partial charge in [-0.1, -0.05) is 19.8 Å². The molecule has 2 N–H and O–H groups in total. The molecule has 1 fully saturated rings. The molecule has 0 aliphatic heterocycles. The Balaban J connectivity index is 2.10. The summed E-state index contributed by atoms with van der Waals surface area (Å²) in [7, 11) is 0. The van der Waals surface area contributed by atoms with Crippen molar-refractivity contribution in [2.45, 2.75) is 38.5 Å². The highest BCUT2D eigenvalue weighted by atomic mass is 32.1. The summed E-state index contributed by atoms with van der Waals surface area (Å²) in [6.45, 7) is 3.18. The van der Waals surface area contributed by atoms with Crippen molar-refractivity contribution in [3.05, 3.63) is 22.4 Å². The van der Waals surface area contributed by atoms with Crippen molar-refractivity contribution in [1.29, 1.82) is 0 Å². The Labute approximate surface area is 96.7 Å². The lowest BCUT2D eigenvalue weighted by atomic mass is 9.71. The van der Waals surface area contributed by atoms with Crippen molar-refractivity contribution in [3.63, 3.8) is 0 Å². The van der Waals surface area contributed by atoms with Crippen LogP contribution in [0.2, 0.25) is 0 Å². The molecular formula is C13H21NS. The smallest absolute Gasteiger partial charge is 0.00430 e. The van der Waals surface area contributed by atoms with Gasteiger partial charge in [-0.2, -0.15) is 11.3 Å². The summed E-state index contributed by atoms with van der Waals surface area (Å²) in [5.41, 5.74) is 7.43. The van der Waals surface area contributed by atoms with E-state index >= 15 is 0 Å². The molecule has 84 valence electrons. The fourth-order valence-electron chi connectivity index (χ4n) is 2.87. The molecule has 0 radical (unpaired) electrons. The van der Waals surface area contributed by atoms with E-state index in [2.05, 4.69) is 23.8 Å². The van der Waals surface area contributed by atoms with Crippen molar-refractivity contribution < 1.29 is 0 Å². The molecule has 15 heavy (non-hydrogen) atoms. The fourth-order valence-corrected chi connectivity index (χ4v) is 3.59. The van der Waals surface area contributed by atoms with Crippen LogP contribution in [0.3, 0.4) is 0 Å². The summed E-state index contributed by atoms with van der Waals surface area (Å²) in [5, 5.41) is 4.50. The minimum Gasteiger partial charge on any atom is -0.330 e. The van der Waals surface area contributed by atoms with E-state index in [0.717, 1.165) is 24.3 Å². The third-order valence-corrected chi connectivity index (χ3v) is 4.65. The van der Waals surface area contributed by atoms with E-state index in [4.69, 9.17) is 5.73 Å². The van der Waals surface area contributed by atoms with E-state index in [1.807, 2.05) is 11.3 Å². The molecule has 0 saturated heterocycles. The van der Waals surface area contributed by atoms with E-state index < -0.39 is 0 Å². The summed E-state index contributed by atoms with van der Waals surface area (Å²) in [4.78, 5) is 0. The lowest BCUT2D eigenvalue weighted by Crippen LogP contribution is -2.28. The summed E-state index contributed by atoms with van der Waals surface area (Å²) in [5.74, 6) is 2.39. The molecule has 1 aromatic heterocycles. The zero-order valence-corrected chi connectivity index (χ0v) is 10.3. The molecule has 1 aliphatic carbocycles. The molecular weight excluding hydrogens is 202 g/mol. The minimum atomic E-state index is 0.724. The van der Waals surface area contributed by atoms with E-state index in [1.54, 1.807) is 0 Å². The third-order valence-electron chi connectivity index (χ3n) is 3.95. The second-order valence-corrected chi connectivity index (χ2v) is 5.53. The second-order valence-electron chi connectivity index (χ2n) is 4.75. The molecule has 1 aromatic rings. The van der Waals surface area contributed by atoms with Crippen LogP contribution in [0, 0.1) is 11.8 Å². The Morgan fingerprint density at radius 3 is 2.93 bits per heavy atom. The predicted molar refractivity (Wildman–Crippen MR) is 67.2 cm³/mol. The van der Waals surface area contributed by atoms with Gasteiger partial charge in [0.25, 0.3) is 0 Å². The zero-order valence-electron chi connectivity index (χ0n) is 9.49. The van der Waals surface area contributed by atoms with Crippen LogP contribution in [0.5, 0.6) is 0 Å². The van der Waals surface area contributed by atoms with E-state index in [9.17, 15) is 0 Å². The molecule has 3 atom stereocenters. The van der Waals surface area contributed by atoms with Crippen LogP contribution in [-0.4, -0.2) is 6.54 Å². The number of thiophene rings is 1. The number of hydrogen-bond donors (Lipinski definition) is 1. The first kappa shape index (κ1) is 11.2. The van der Waals surface area contributed by atoms with E-state index in [-0.39, 0.29) is 0 Å². The molecule has 0 bridgehead atoms. The molecule has 0 spiro atoms. The number of nitrogens with two attached hydrogens (primary N) is 1. The van der Waals surface area contributed by atoms with Gasteiger partial charge in [-0.15, -0.1) is 0 Å². The molecule has 0 amide bonds.